The van der Waals surface area contributed by atoms with Crippen molar-refractivity contribution in [2.75, 3.05) is 19.6 Å². The molecule has 0 bridgehead atoms. The first kappa shape index (κ1) is 13.8. The summed E-state index contributed by atoms with van der Waals surface area (Å²) in [6.45, 7) is 2.02. The number of hydrogen-bond acceptors (Lipinski definition) is 4. The maximum Gasteiger partial charge on any atom is 0.230 e. The largest absolute Gasteiger partial charge is 0.341 e. The van der Waals surface area contributed by atoms with Gasteiger partial charge in [0.25, 0.3) is 0 Å². The molecule has 1 amide bonds. The summed E-state index contributed by atoms with van der Waals surface area (Å²) < 4.78 is 0. The highest BCUT2D eigenvalue weighted by molar-refractivity contribution is 5.78. The summed E-state index contributed by atoms with van der Waals surface area (Å²) in [5.41, 5.74) is 7.15. The molecule has 2 heterocycles. The minimum Gasteiger partial charge on any atom is -0.341 e. The average Bonchev–Trinajstić information content (AvgIpc) is 3.17. The van der Waals surface area contributed by atoms with Crippen molar-refractivity contribution in [2.24, 2.45) is 11.7 Å². The second-order valence-corrected chi connectivity index (χ2v) is 5.42. The predicted molar refractivity (Wildman–Crippen MR) is 78.4 cm³/mol. The molecule has 21 heavy (non-hydrogen) atoms. The summed E-state index contributed by atoms with van der Waals surface area (Å²) in [4.78, 5) is 18.2. The van der Waals surface area contributed by atoms with Crippen LogP contribution in [0.1, 0.15) is 17.3 Å². The molecule has 0 unspecified atom stereocenters. The second kappa shape index (κ2) is 6.05. The van der Waals surface area contributed by atoms with Crippen molar-refractivity contribution in [2.45, 2.75) is 12.3 Å². The number of H-pyrrole nitrogens is 1. The zero-order valence-corrected chi connectivity index (χ0v) is 11.8. The number of aromatic amines is 1. The van der Waals surface area contributed by atoms with Crippen molar-refractivity contribution >= 4 is 5.91 Å². The lowest BCUT2D eigenvalue weighted by Crippen LogP contribution is -2.31. The van der Waals surface area contributed by atoms with E-state index in [2.05, 4.69) is 27.3 Å². The van der Waals surface area contributed by atoms with Crippen LogP contribution >= 0.6 is 0 Å². The Bertz CT molecular complexity index is 583. The fourth-order valence-electron chi connectivity index (χ4n) is 2.96. The highest BCUT2D eigenvalue weighted by atomic mass is 16.2. The van der Waals surface area contributed by atoms with E-state index in [-0.39, 0.29) is 12.3 Å². The molecule has 1 aromatic carbocycles. The quantitative estimate of drug-likeness (QED) is 0.858. The van der Waals surface area contributed by atoms with E-state index in [9.17, 15) is 4.79 Å². The highest BCUT2D eigenvalue weighted by Crippen LogP contribution is 2.32. The first-order valence-electron chi connectivity index (χ1n) is 7.15. The number of carbonyl (C=O) groups excluding carboxylic acids is 1. The molecule has 0 spiro atoms. The molecule has 0 aliphatic carbocycles. The van der Waals surface area contributed by atoms with Gasteiger partial charge in [-0.3, -0.25) is 9.89 Å². The number of benzene rings is 1. The fourth-order valence-corrected chi connectivity index (χ4v) is 2.96. The molecule has 2 atom stereocenters. The lowest BCUT2D eigenvalue weighted by Gasteiger charge is -2.16. The molecular weight excluding hydrogens is 266 g/mol. The molecule has 6 nitrogen and oxygen atoms in total. The number of nitrogens with zero attached hydrogens (tertiary/aromatic N) is 3. The Morgan fingerprint density at radius 1 is 1.33 bits per heavy atom. The summed E-state index contributed by atoms with van der Waals surface area (Å²) in [5, 5.41) is 6.49. The molecule has 3 rings (SSSR count). The Labute approximate surface area is 123 Å². The van der Waals surface area contributed by atoms with Crippen molar-refractivity contribution in [3.05, 3.63) is 48.0 Å². The topological polar surface area (TPSA) is 87.9 Å². The van der Waals surface area contributed by atoms with E-state index in [0.29, 0.717) is 30.7 Å². The van der Waals surface area contributed by atoms with Crippen LogP contribution in [0.15, 0.2) is 36.7 Å². The SMILES string of the molecule is NC[C@@H]1CN(C(=O)Cc2ncn[nH]2)C[C@H]1c1ccccc1. The van der Waals surface area contributed by atoms with Crippen LogP contribution in [0.3, 0.4) is 0 Å². The number of hydrogen-bond donors (Lipinski definition) is 2. The molecule has 1 aliphatic heterocycles. The lowest BCUT2D eigenvalue weighted by molar-refractivity contribution is -0.129. The van der Waals surface area contributed by atoms with Crippen LogP contribution < -0.4 is 5.73 Å². The minimum atomic E-state index is 0.0728. The average molecular weight is 285 g/mol. The van der Waals surface area contributed by atoms with Gasteiger partial charge in [-0.05, 0) is 18.0 Å². The number of aromatic nitrogens is 3. The summed E-state index contributed by atoms with van der Waals surface area (Å²) in [5.74, 6) is 1.30. The van der Waals surface area contributed by atoms with Gasteiger partial charge in [0.15, 0.2) is 0 Å². The van der Waals surface area contributed by atoms with Crippen molar-refractivity contribution in [1.82, 2.24) is 20.1 Å². The molecule has 1 aromatic heterocycles. The Hall–Kier alpha value is -2.21. The maximum absolute atomic E-state index is 12.3. The van der Waals surface area contributed by atoms with Gasteiger partial charge in [-0.25, -0.2) is 4.98 Å². The molecule has 6 heteroatoms. The number of amides is 1. The third-order valence-electron chi connectivity index (χ3n) is 4.11. The van der Waals surface area contributed by atoms with Crippen LogP contribution in [-0.4, -0.2) is 45.6 Å². The van der Waals surface area contributed by atoms with Gasteiger partial charge in [0.2, 0.25) is 5.91 Å². The van der Waals surface area contributed by atoms with Crippen LogP contribution in [0.5, 0.6) is 0 Å². The van der Waals surface area contributed by atoms with Gasteiger partial charge >= 0.3 is 0 Å². The highest BCUT2D eigenvalue weighted by Gasteiger charge is 2.35. The van der Waals surface area contributed by atoms with Gasteiger partial charge in [0.1, 0.15) is 12.2 Å². The smallest absolute Gasteiger partial charge is 0.230 e. The Morgan fingerprint density at radius 3 is 2.81 bits per heavy atom. The molecular formula is C15H19N5O. The number of nitrogens with one attached hydrogen (secondary N) is 1. The summed E-state index contributed by atoms with van der Waals surface area (Å²) >= 11 is 0. The summed E-state index contributed by atoms with van der Waals surface area (Å²) in [7, 11) is 0. The molecule has 0 saturated carbocycles. The van der Waals surface area contributed by atoms with Crippen LogP contribution in [0.25, 0.3) is 0 Å². The monoisotopic (exact) mass is 285 g/mol. The van der Waals surface area contributed by atoms with Crippen molar-refractivity contribution in [3.63, 3.8) is 0 Å². The van der Waals surface area contributed by atoms with Crippen molar-refractivity contribution in [1.29, 1.82) is 0 Å². The number of likely N-dealkylation sites (tertiary alicyclic amines) is 1. The van der Waals surface area contributed by atoms with Crippen molar-refractivity contribution < 1.29 is 4.79 Å². The molecule has 0 radical (unpaired) electrons. The lowest BCUT2D eigenvalue weighted by atomic mass is 9.89. The van der Waals surface area contributed by atoms with E-state index in [0.717, 1.165) is 6.54 Å². The van der Waals surface area contributed by atoms with E-state index in [1.807, 2.05) is 23.1 Å². The minimum absolute atomic E-state index is 0.0728. The first-order chi connectivity index (χ1) is 10.3. The molecule has 1 aliphatic rings. The van der Waals surface area contributed by atoms with E-state index >= 15 is 0 Å². The van der Waals surface area contributed by atoms with Gasteiger partial charge in [-0.1, -0.05) is 30.3 Å². The second-order valence-electron chi connectivity index (χ2n) is 5.42. The standard InChI is InChI=1S/C15H19N5O/c16-7-12-8-20(15(21)6-14-17-10-18-19-14)9-13(12)11-4-2-1-3-5-11/h1-5,10,12-13H,6-9,16H2,(H,17,18,19)/t12-,13+/m1/s1. The third kappa shape index (κ3) is 2.95. The Kier molecular flexibility index (Phi) is 3.96. The zero-order valence-electron chi connectivity index (χ0n) is 11.8. The van der Waals surface area contributed by atoms with Gasteiger partial charge in [0.05, 0.1) is 6.42 Å². The molecule has 2 aromatic rings. The Morgan fingerprint density at radius 2 is 2.14 bits per heavy atom. The number of carbonyl (C=O) groups is 1. The predicted octanol–water partition coefficient (Wildman–Crippen LogP) is 0.548. The number of rotatable bonds is 4. The summed E-state index contributed by atoms with van der Waals surface area (Å²) in [6.07, 6.45) is 1.68. The molecule has 1 saturated heterocycles. The van der Waals surface area contributed by atoms with E-state index in [4.69, 9.17) is 5.73 Å². The van der Waals surface area contributed by atoms with E-state index < -0.39 is 0 Å². The van der Waals surface area contributed by atoms with Crippen molar-refractivity contribution in [3.8, 4) is 0 Å². The van der Waals surface area contributed by atoms with Gasteiger partial charge in [-0.2, -0.15) is 5.10 Å². The van der Waals surface area contributed by atoms with Gasteiger partial charge < -0.3 is 10.6 Å². The Balaban J connectivity index is 1.70. The zero-order chi connectivity index (χ0) is 14.7. The van der Waals surface area contributed by atoms with Gasteiger partial charge in [0, 0.05) is 19.0 Å². The van der Waals surface area contributed by atoms with Crippen LogP contribution in [0.4, 0.5) is 0 Å². The summed E-state index contributed by atoms with van der Waals surface area (Å²) in [6, 6.07) is 10.3. The molecule has 110 valence electrons. The third-order valence-corrected chi connectivity index (χ3v) is 4.11. The van der Waals surface area contributed by atoms with E-state index in [1.165, 1.54) is 11.9 Å². The number of nitrogens with two attached hydrogens (primary N) is 1. The van der Waals surface area contributed by atoms with Crippen LogP contribution in [-0.2, 0) is 11.2 Å². The van der Waals surface area contributed by atoms with Crippen LogP contribution in [0.2, 0.25) is 0 Å². The van der Waals surface area contributed by atoms with Crippen LogP contribution in [0, 0.1) is 5.92 Å². The van der Waals surface area contributed by atoms with Gasteiger partial charge in [-0.15, -0.1) is 0 Å². The molecule has 3 N–H and O–H groups in total. The van der Waals surface area contributed by atoms with E-state index in [1.54, 1.807) is 0 Å². The fraction of sp³-hybridized carbons (Fsp3) is 0.400. The first-order valence-corrected chi connectivity index (χ1v) is 7.15. The normalized spacial score (nSPS) is 21.7. The maximum atomic E-state index is 12.3. The molecule has 1 fully saturated rings.